The lowest BCUT2D eigenvalue weighted by molar-refractivity contribution is -0.0132. The predicted molar refractivity (Wildman–Crippen MR) is 246 cm³/mol. The molecular weight excluding hydrogens is 800 g/mol. The summed E-state index contributed by atoms with van der Waals surface area (Å²) in [6, 6.07) is 9.70. The second-order valence-electron chi connectivity index (χ2n) is 19.9. The van der Waals surface area contributed by atoms with E-state index in [1.54, 1.807) is 13.3 Å². The van der Waals surface area contributed by atoms with Gasteiger partial charge in [-0.3, -0.25) is 14.8 Å². The van der Waals surface area contributed by atoms with Gasteiger partial charge in [0.25, 0.3) is 0 Å². The average molecular weight is 863 g/mol. The number of nitrogens with zero attached hydrogens (tertiary/aromatic N) is 6. The number of carbonyl (C=O) groups excluding carboxylic acids is 1. The molecule has 2 aromatic carbocycles. The number of rotatable bonds is 11. The van der Waals surface area contributed by atoms with Crippen molar-refractivity contribution in [3.63, 3.8) is 0 Å². The van der Waals surface area contributed by atoms with Gasteiger partial charge in [-0.2, -0.15) is 9.97 Å². The van der Waals surface area contributed by atoms with Gasteiger partial charge in [-0.1, -0.05) is 71.7 Å². The summed E-state index contributed by atoms with van der Waals surface area (Å²) in [6.07, 6.45) is 4.88. The van der Waals surface area contributed by atoms with E-state index in [0.717, 1.165) is 55.1 Å². The monoisotopic (exact) mass is 862 g/mol. The van der Waals surface area contributed by atoms with E-state index in [4.69, 9.17) is 33.9 Å². The summed E-state index contributed by atoms with van der Waals surface area (Å²) < 4.78 is 41.5. The number of amides is 1. The van der Waals surface area contributed by atoms with E-state index < -0.39 is 19.5 Å². The molecule has 0 radical (unpaired) electrons. The van der Waals surface area contributed by atoms with Gasteiger partial charge in [0.1, 0.15) is 43.1 Å². The molecule has 6 heterocycles. The normalized spacial score (nSPS) is 21.5. The van der Waals surface area contributed by atoms with Crippen LogP contribution in [-0.4, -0.2) is 109 Å². The minimum absolute atomic E-state index is 0.0239. The third-order valence-electron chi connectivity index (χ3n) is 13.8. The molecule has 11 nitrogen and oxygen atoms in total. The van der Waals surface area contributed by atoms with Crippen LogP contribution in [0.4, 0.5) is 15.0 Å². The van der Waals surface area contributed by atoms with Gasteiger partial charge in [-0.15, -0.1) is 5.54 Å². The molecule has 2 bridgehead atoms. The first-order valence-electron chi connectivity index (χ1n) is 22.3. The summed E-state index contributed by atoms with van der Waals surface area (Å²) >= 11 is 0. The molecule has 3 unspecified atom stereocenters. The fraction of sp³-hybridized carbons (Fsp3) is 0.551. The van der Waals surface area contributed by atoms with E-state index in [0.29, 0.717) is 58.8 Å². The van der Waals surface area contributed by atoms with Gasteiger partial charge in [-0.25, -0.2) is 9.18 Å². The van der Waals surface area contributed by atoms with Gasteiger partial charge >= 0.3 is 12.1 Å². The van der Waals surface area contributed by atoms with Gasteiger partial charge < -0.3 is 23.8 Å². The lowest BCUT2D eigenvalue weighted by atomic mass is 9.85. The molecule has 0 aliphatic carbocycles. The Kier molecular flexibility index (Phi) is 11.8. The second-order valence-corrected chi connectivity index (χ2v) is 25.5. The maximum Gasteiger partial charge on any atom is 0.410 e. The summed E-state index contributed by atoms with van der Waals surface area (Å²) in [4.78, 5) is 34.6. The molecule has 2 aromatic heterocycles. The minimum atomic E-state index is -2.12. The van der Waals surface area contributed by atoms with Crippen molar-refractivity contribution in [2.75, 3.05) is 51.6 Å². The highest BCUT2D eigenvalue weighted by Gasteiger charge is 2.50. The van der Waals surface area contributed by atoms with E-state index in [1.807, 2.05) is 56.0 Å². The van der Waals surface area contributed by atoms with Crippen LogP contribution in [0.15, 0.2) is 48.7 Å². The lowest BCUT2D eigenvalue weighted by Gasteiger charge is -2.47. The highest BCUT2D eigenvalue weighted by atomic mass is 28.3. The van der Waals surface area contributed by atoms with Gasteiger partial charge in [0.15, 0.2) is 12.6 Å². The third-order valence-corrected chi connectivity index (χ3v) is 20.1. The van der Waals surface area contributed by atoms with Crippen molar-refractivity contribution >= 4 is 41.7 Å². The van der Waals surface area contributed by atoms with Gasteiger partial charge in [0.05, 0.1) is 23.0 Å². The molecule has 0 saturated carbocycles. The fourth-order valence-electron chi connectivity index (χ4n) is 11.0. The Morgan fingerprint density at radius 3 is 2.35 bits per heavy atom. The van der Waals surface area contributed by atoms with Crippen molar-refractivity contribution in [3.8, 4) is 34.5 Å². The topological polar surface area (TPSA) is 102 Å². The molecule has 0 N–H and O–H groups in total. The average Bonchev–Trinajstić information content (AvgIpc) is 3.60. The minimum Gasteiger partial charge on any atom is -0.468 e. The standard InChI is InChI=1S/C49H63FN6O5Si/c1-30(2)62(31(3)4,32(5)6)20-17-34-13-12-14-35-21-38(60-29-58-11)22-39(41(34)35)43-42(50)44-40(24-51-43)45(53-46(52-44)59-28-49-18-19-55(49)25-33(7)23-49)54-26-36-15-16-37(27-54)56(36)47(57)61-48(8,9)10/h12-14,21-22,24,30-32,36-37H,7,15-16,18-19,23,25-29H2,1-6,8-11H3. The first-order chi connectivity index (χ1) is 29.4. The van der Waals surface area contributed by atoms with Crippen LogP contribution in [0.25, 0.3) is 32.9 Å². The number of hydrogen-bond donors (Lipinski definition) is 0. The van der Waals surface area contributed by atoms with Crippen LogP contribution in [0, 0.1) is 17.3 Å². The molecule has 8 rings (SSSR count). The Bertz CT molecular complexity index is 2420. The molecule has 4 saturated heterocycles. The largest absolute Gasteiger partial charge is 0.468 e. The number of piperazine rings is 1. The molecule has 4 aliphatic rings. The van der Waals surface area contributed by atoms with E-state index in [2.05, 4.69) is 69.4 Å². The number of fused-ring (bicyclic) bond motifs is 5. The summed E-state index contributed by atoms with van der Waals surface area (Å²) in [7, 11) is -0.549. The Labute approximate surface area is 367 Å². The third kappa shape index (κ3) is 7.92. The zero-order valence-electron chi connectivity index (χ0n) is 38.2. The van der Waals surface area contributed by atoms with Crippen molar-refractivity contribution in [1.82, 2.24) is 24.8 Å². The summed E-state index contributed by atoms with van der Waals surface area (Å²) in [6.45, 7) is 27.0. The van der Waals surface area contributed by atoms with Crippen LogP contribution in [0.3, 0.4) is 0 Å². The number of anilines is 1. The van der Waals surface area contributed by atoms with Crippen LogP contribution in [0.2, 0.25) is 16.6 Å². The molecule has 3 atom stereocenters. The van der Waals surface area contributed by atoms with Crippen molar-refractivity contribution in [2.45, 2.75) is 128 Å². The number of ether oxygens (including phenoxy) is 4. The first kappa shape index (κ1) is 43.9. The Hall–Kier alpha value is -4.77. The van der Waals surface area contributed by atoms with Gasteiger partial charge in [0, 0.05) is 56.0 Å². The zero-order chi connectivity index (χ0) is 44.3. The number of pyridine rings is 1. The molecule has 4 fully saturated rings. The molecule has 62 heavy (non-hydrogen) atoms. The van der Waals surface area contributed by atoms with Crippen molar-refractivity contribution in [2.24, 2.45) is 0 Å². The van der Waals surface area contributed by atoms with Crippen LogP contribution in [0.5, 0.6) is 11.8 Å². The van der Waals surface area contributed by atoms with Crippen LogP contribution < -0.4 is 14.4 Å². The Balaban J connectivity index is 1.27. The molecule has 4 aliphatic heterocycles. The van der Waals surface area contributed by atoms with Crippen molar-refractivity contribution in [3.05, 3.63) is 60.1 Å². The summed E-state index contributed by atoms with van der Waals surface area (Å²) in [5, 5.41) is 2.11. The molecule has 0 spiro atoms. The predicted octanol–water partition coefficient (Wildman–Crippen LogP) is 9.91. The summed E-state index contributed by atoms with van der Waals surface area (Å²) in [5.74, 6) is 4.12. The summed E-state index contributed by atoms with van der Waals surface area (Å²) in [5.41, 5.74) is 7.23. The smallest absolute Gasteiger partial charge is 0.410 e. The molecular formula is C49H63FN6O5Si. The fourth-order valence-corrected chi connectivity index (χ4v) is 16.2. The zero-order valence-corrected chi connectivity index (χ0v) is 39.2. The maximum atomic E-state index is 17.8. The molecule has 330 valence electrons. The maximum absolute atomic E-state index is 17.8. The van der Waals surface area contributed by atoms with Gasteiger partial charge in [0.2, 0.25) is 0 Å². The van der Waals surface area contributed by atoms with Crippen molar-refractivity contribution in [1.29, 1.82) is 0 Å². The number of hydrogen-bond acceptors (Lipinski definition) is 10. The number of methoxy groups -OCH3 is 1. The highest BCUT2D eigenvalue weighted by Crippen LogP contribution is 2.45. The number of benzene rings is 2. The number of halogens is 1. The quantitative estimate of drug-likeness (QED) is 0.0627. The van der Waals surface area contributed by atoms with Crippen LogP contribution in [0.1, 0.15) is 93.6 Å². The first-order valence-corrected chi connectivity index (χ1v) is 24.6. The number of aromatic nitrogens is 3. The SMILES string of the molecule is C=C1CN2CCC2(COc2nc(N3CC4CCC(C3)N4C(=O)OC(C)(C)C)c3cnc(-c4cc(OCOC)cc5cccc(C#C[Si](C(C)C)(C(C)C)C(C)C)c45)c(F)c3n2)C1. The van der Waals surface area contributed by atoms with E-state index >= 15 is 4.39 Å². The van der Waals surface area contributed by atoms with Crippen molar-refractivity contribution < 1.29 is 28.1 Å². The number of carbonyl (C=O) groups is 1. The molecule has 13 heteroatoms. The van der Waals surface area contributed by atoms with E-state index in [-0.39, 0.29) is 47.7 Å². The Morgan fingerprint density at radius 2 is 1.74 bits per heavy atom. The molecule has 4 aromatic rings. The second kappa shape index (κ2) is 16.7. The lowest BCUT2D eigenvalue weighted by Crippen LogP contribution is -2.59. The molecule has 1 amide bonds. The highest BCUT2D eigenvalue weighted by molar-refractivity contribution is 6.90. The van der Waals surface area contributed by atoms with E-state index in [9.17, 15) is 4.79 Å². The van der Waals surface area contributed by atoms with Crippen LogP contribution >= 0.6 is 0 Å². The van der Waals surface area contributed by atoms with Crippen LogP contribution in [-0.2, 0) is 9.47 Å². The van der Waals surface area contributed by atoms with Gasteiger partial charge in [-0.05, 0) is 86.7 Å². The van der Waals surface area contributed by atoms with E-state index in [1.165, 1.54) is 5.57 Å². The Morgan fingerprint density at radius 1 is 1.03 bits per heavy atom.